The van der Waals surface area contributed by atoms with E-state index in [1.807, 2.05) is 0 Å². The zero-order valence-corrected chi connectivity index (χ0v) is 22.1. The number of methoxy groups -OCH3 is 1. The molecule has 0 aliphatic heterocycles. The van der Waals surface area contributed by atoms with Gasteiger partial charge in [0.15, 0.2) is 0 Å². The Morgan fingerprint density at radius 3 is 2.19 bits per heavy atom. The predicted octanol–water partition coefficient (Wildman–Crippen LogP) is 7.98. The van der Waals surface area contributed by atoms with Crippen molar-refractivity contribution in [3.63, 3.8) is 0 Å². The van der Waals surface area contributed by atoms with Gasteiger partial charge in [-0.15, -0.1) is 0 Å². The maximum Gasteiger partial charge on any atom is 0.419 e. The summed E-state index contributed by atoms with van der Waals surface area (Å²) in [5, 5.41) is 2.59. The Kier molecular flexibility index (Phi) is 8.49. The molecule has 3 aromatic carbocycles. The van der Waals surface area contributed by atoms with Crippen LogP contribution in [0.25, 0.3) is 0 Å². The Morgan fingerprint density at radius 1 is 0.881 bits per heavy atom. The molecule has 1 heterocycles. The summed E-state index contributed by atoms with van der Waals surface area (Å²) in [6.45, 7) is 0. The summed E-state index contributed by atoms with van der Waals surface area (Å²) in [5.74, 6) is -3.96. The topological polar surface area (TPSA) is 51.2 Å². The number of alkyl halides is 6. The van der Waals surface area contributed by atoms with Gasteiger partial charge in [0.25, 0.3) is 5.91 Å². The van der Waals surface area contributed by atoms with E-state index in [0.29, 0.717) is 17.7 Å². The van der Waals surface area contributed by atoms with Crippen molar-refractivity contribution in [3.05, 3.63) is 129 Å². The third-order valence-corrected chi connectivity index (χ3v) is 6.62. The number of hydrogen-bond donors (Lipinski definition) is 1. The van der Waals surface area contributed by atoms with Crippen LogP contribution in [-0.2, 0) is 24.3 Å². The third kappa shape index (κ3) is 6.48. The molecule has 0 fully saturated rings. The first-order valence-corrected chi connectivity index (χ1v) is 12.3. The summed E-state index contributed by atoms with van der Waals surface area (Å²) in [6.07, 6.45) is -9.45. The molecule has 0 spiro atoms. The minimum Gasteiger partial charge on any atom is -0.496 e. The number of amides is 1. The van der Waals surface area contributed by atoms with Crippen LogP contribution in [0.3, 0.4) is 0 Å². The van der Waals surface area contributed by atoms with Gasteiger partial charge in [-0.25, -0.2) is 8.78 Å². The molecule has 220 valence electrons. The van der Waals surface area contributed by atoms with Gasteiger partial charge in [0.2, 0.25) is 0 Å². The summed E-state index contributed by atoms with van der Waals surface area (Å²) >= 11 is 5.98. The lowest BCUT2D eigenvalue weighted by Gasteiger charge is -2.36. The number of para-hydroxylation sites is 1. The predicted molar refractivity (Wildman–Crippen MR) is 137 cm³/mol. The van der Waals surface area contributed by atoms with Crippen molar-refractivity contribution in [3.8, 4) is 5.75 Å². The number of rotatable bonds is 7. The van der Waals surface area contributed by atoms with Crippen LogP contribution in [0, 0.1) is 11.6 Å². The molecule has 0 saturated carbocycles. The molecule has 0 aliphatic carbocycles. The molecular weight excluding hydrogens is 596 g/mol. The Hall–Kier alpha value is -4.19. The average Bonchev–Trinajstić information content (AvgIpc) is 2.92. The zero-order chi connectivity index (χ0) is 30.9. The molecule has 0 saturated heterocycles. The lowest BCUT2D eigenvalue weighted by molar-refractivity contribution is -0.140. The first-order valence-electron chi connectivity index (χ1n) is 12.0. The van der Waals surface area contributed by atoms with Gasteiger partial charge in [0.05, 0.1) is 29.0 Å². The summed E-state index contributed by atoms with van der Waals surface area (Å²) in [5.41, 5.74) is -6.22. The molecule has 1 N–H and O–H groups in total. The van der Waals surface area contributed by atoms with E-state index < -0.39 is 64.1 Å². The molecule has 13 heteroatoms. The highest BCUT2D eigenvalue weighted by atomic mass is 35.5. The Labute approximate surface area is 238 Å². The van der Waals surface area contributed by atoms with Gasteiger partial charge in [0.1, 0.15) is 22.9 Å². The van der Waals surface area contributed by atoms with E-state index in [4.69, 9.17) is 16.3 Å². The number of pyridine rings is 1. The summed E-state index contributed by atoms with van der Waals surface area (Å²) in [7, 11) is 1.32. The number of hydrogen-bond acceptors (Lipinski definition) is 3. The monoisotopic (exact) mass is 614 g/mol. The fourth-order valence-electron chi connectivity index (χ4n) is 4.43. The van der Waals surface area contributed by atoms with E-state index in [1.165, 1.54) is 31.4 Å². The van der Waals surface area contributed by atoms with Crippen LogP contribution in [0.1, 0.15) is 38.3 Å². The summed E-state index contributed by atoms with van der Waals surface area (Å²) in [4.78, 5) is 17.8. The van der Waals surface area contributed by atoms with Gasteiger partial charge in [-0.05, 0) is 65.7 Å². The van der Waals surface area contributed by atoms with Crippen molar-refractivity contribution >= 4 is 17.5 Å². The van der Waals surface area contributed by atoms with Gasteiger partial charge in [0, 0.05) is 18.2 Å². The summed E-state index contributed by atoms with van der Waals surface area (Å²) in [6, 6.07) is 11.9. The van der Waals surface area contributed by atoms with E-state index in [2.05, 4.69) is 10.3 Å². The molecule has 0 aliphatic rings. The minimum atomic E-state index is -5.16. The Bertz CT molecular complexity index is 1610. The van der Waals surface area contributed by atoms with E-state index in [1.54, 1.807) is 12.1 Å². The molecule has 1 aromatic heterocycles. The second-order valence-electron chi connectivity index (χ2n) is 9.13. The highest BCUT2D eigenvalue weighted by Crippen LogP contribution is 2.40. The fourth-order valence-corrected chi connectivity index (χ4v) is 4.55. The van der Waals surface area contributed by atoms with E-state index in [9.17, 15) is 39.9 Å². The molecule has 42 heavy (non-hydrogen) atoms. The molecule has 4 rings (SSSR count). The van der Waals surface area contributed by atoms with Crippen molar-refractivity contribution in [2.75, 3.05) is 7.11 Å². The van der Waals surface area contributed by atoms with Crippen LogP contribution < -0.4 is 10.1 Å². The second kappa shape index (κ2) is 11.6. The Balaban J connectivity index is 2.02. The van der Waals surface area contributed by atoms with Crippen molar-refractivity contribution in [2.45, 2.75) is 24.3 Å². The lowest BCUT2D eigenvalue weighted by Crippen LogP contribution is -2.49. The quantitative estimate of drug-likeness (QED) is 0.215. The number of benzene rings is 3. The molecule has 4 nitrogen and oxygen atoms in total. The normalized spacial score (nSPS) is 13.4. The highest BCUT2D eigenvalue weighted by Gasteiger charge is 2.42. The van der Waals surface area contributed by atoms with E-state index in [-0.39, 0.29) is 28.6 Å². The zero-order valence-electron chi connectivity index (χ0n) is 21.4. The largest absolute Gasteiger partial charge is 0.496 e. The molecular formula is C29H19ClF8N2O2. The molecule has 1 atom stereocenters. The number of nitrogens with zero attached hydrogens (tertiary/aromatic N) is 1. The van der Waals surface area contributed by atoms with Gasteiger partial charge in [-0.3, -0.25) is 9.78 Å². The molecule has 0 bridgehead atoms. The minimum absolute atomic E-state index is 0.111. The van der Waals surface area contributed by atoms with Crippen molar-refractivity contribution in [1.29, 1.82) is 0 Å². The van der Waals surface area contributed by atoms with Gasteiger partial charge >= 0.3 is 12.4 Å². The number of carbonyl (C=O) groups is 1. The number of ether oxygens (including phenoxy) is 1. The molecule has 1 unspecified atom stereocenters. The third-order valence-electron chi connectivity index (χ3n) is 6.39. The van der Waals surface area contributed by atoms with Gasteiger partial charge in [-0.2, -0.15) is 26.3 Å². The number of carbonyl (C=O) groups excluding carboxylic acids is 1. The standard InChI is InChI=1S/C29H19ClF8N2O2/c1-42-24-5-3-2-4-17(24)14-27(25-9-7-20(30)15-39-25,18-11-19(28(33,34)35)13-21(31)12-18)40-26(41)16-6-8-23(32)22(10-16)29(36,37)38/h2-13,15H,14H2,1H3,(H,40,41). The van der Waals surface area contributed by atoms with E-state index >= 15 is 0 Å². The van der Waals surface area contributed by atoms with Crippen LogP contribution in [0.4, 0.5) is 35.1 Å². The van der Waals surface area contributed by atoms with Crippen LogP contribution in [0.2, 0.25) is 5.02 Å². The fraction of sp³-hybridized carbons (Fsp3) is 0.172. The van der Waals surface area contributed by atoms with Gasteiger partial charge in [-0.1, -0.05) is 29.8 Å². The van der Waals surface area contributed by atoms with Crippen molar-refractivity contribution < 1.29 is 44.7 Å². The first kappa shape index (κ1) is 30.8. The van der Waals surface area contributed by atoms with Crippen LogP contribution in [0.15, 0.2) is 79.0 Å². The SMILES string of the molecule is COc1ccccc1CC(NC(=O)c1ccc(F)c(C(F)(F)F)c1)(c1cc(F)cc(C(F)(F)F)c1)c1ccc(Cl)cn1. The molecule has 0 radical (unpaired) electrons. The van der Waals surface area contributed by atoms with Crippen LogP contribution >= 0.6 is 11.6 Å². The number of aromatic nitrogens is 1. The maximum atomic E-state index is 14.8. The van der Waals surface area contributed by atoms with Crippen LogP contribution in [0.5, 0.6) is 5.75 Å². The van der Waals surface area contributed by atoms with Crippen molar-refractivity contribution in [1.82, 2.24) is 10.3 Å². The van der Waals surface area contributed by atoms with E-state index in [0.717, 1.165) is 18.3 Å². The van der Waals surface area contributed by atoms with Crippen LogP contribution in [-0.4, -0.2) is 18.0 Å². The smallest absolute Gasteiger partial charge is 0.419 e. The maximum absolute atomic E-state index is 14.8. The number of halogens is 9. The lowest BCUT2D eigenvalue weighted by atomic mass is 9.79. The van der Waals surface area contributed by atoms with Gasteiger partial charge < -0.3 is 10.1 Å². The number of nitrogens with one attached hydrogen (secondary N) is 1. The average molecular weight is 615 g/mol. The molecule has 4 aromatic rings. The second-order valence-corrected chi connectivity index (χ2v) is 9.56. The first-order chi connectivity index (χ1) is 19.6. The molecule has 1 amide bonds. The van der Waals surface area contributed by atoms with Crippen molar-refractivity contribution in [2.24, 2.45) is 0 Å². The Morgan fingerprint density at radius 2 is 1.57 bits per heavy atom. The summed E-state index contributed by atoms with van der Waals surface area (Å²) < 4.78 is 116. The highest BCUT2D eigenvalue weighted by molar-refractivity contribution is 6.30.